The molecule has 0 bridgehead atoms. The minimum Gasteiger partial charge on any atom is -0.0654 e. The maximum absolute atomic E-state index is 2.74. The van der Waals surface area contributed by atoms with Crippen molar-refractivity contribution < 1.29 is 0 Å². The highest BCUT2D eigenvalue weighted by atomic mass is 14.6. The van der Waals surface area contributed by atoms with Gasteiger partial charge in [-0.15, -0.1) is 0 Å². The molecule has 1 rings (SSSR count). The molecule has 0 heteroatoms. The Kier molecular flexibility index (Phi) is 15.4. The molecule has 0 amide bonds. The van der Waals surface area contributed by atoms with E-state index in [9.17, 15) is 0 Å². The third kappa shape index (κ3) is 8.26. The van der Waals surface area contributed by atoms with Crippen LogP contribution in [-0.4, -0.2) is 0 Å². The summed E-state index contributed by atoms with van der Waals surface area (Å²) < 4.78 is 0. The zero-order chi connectivity index (χ0) is 28.4. The van der Waals surface area contributed by atoms with Crippen LogP contribution >= 0.6 is 0 Å². The van der Waals surface area contributed by atoms with Gasteiger partial charge in [0.05, 0.1) is 0 Å². The molecule has 0 N–H and O–H groups in total. The summed E-state index contributed by atoms with van der Waals surface area (Å²) in [6.07, 6.45) is 18.2. The van der Waals surface area contributed by atoms with Crippen LogP contribution in [0.15, 0.2) is 0 Å². The molecule has 0 saturated heterocycles. The second-order valence-corrected chi connectivity index (χ2v) is 15.1. The Labute approximate surface area is 237 Å². The van der Waals surface area contributed by atoms with E-state index in [1.54, 1.807) is 0 Å². The van der Waals surface area contributed by atoms with E-state index in [1.165, 1.54) is 83.5 Å². The van der Waals surface area contributed by atoms with Crippen LogP contribution in [0.25, 0.3) is 0 Å². The molecule has 0 aliphatic heterocycles. The Morgan fingerprint density at radius 1 is 0.703 bits per heavy atom. The lowest BCUT2D eigenvalue weighted by atomic mass is 9.49. The summed E-state index contributed by atoms with van der Waals surface area (Å²) in [6, 6.07) is 0. The Hall–Kier alpha value is 0. The van der Waals surface area contributed by atoms with Crippen molar-refractivity contribution >= 4 is 0 Å². The van der Waals surface area contributed by atoms with Gasteiger partial charge in [0, 0.05) is 0 Å². The summed E-state index contributed by atoms with van der Waals surface area (Å²) in [6.45, 7) is 33.0. The molecular formula is C37H74. The van der Waals surface area contributed by atoms with Crippen molar-refractivity contribution in [3.05, 3.63) is 0 Å². The van der Waals surface area contributed by atoms with Crippen LogP contribution in [0.2, 0.25) is 0 Å². The number of rotatable bonds is 19. The molecule has 222 valence electrons. The largest absolute Gasteiger partial charge is 0.0654 e. The van der Waals surface area contributed by atoms with Crippen LogP contribution in [0.4, 0.5) is 0 Å². The lowest BCUT2D eigenvalue weighted by Crippen LogP contribution is -2.49. The van der Waals surface area contributed by atoms with Gasteiger partial charge in [0.25, 0.3) is 0 Å². The maximum atomic E-state index is 2.74. The Balaban J connectivity index is 3.12. The van der Waals surface area contributed by atoms with E-state index in [0.717, 1.165) is 53.3 Å². The Bertz CT molecular complexity index is 591. The molecule has 1 aliphatic rings. The van der Waals surface area contributed by atoms with Crippen LogP contribution in [0.1, 0.15) is 173 Å². The van der Waals surface area contributed by atoms with E-state index < -0.39 is 0 Å². The third-order valence-electron chi connectivity index (χ3n) is 12.4. The highest BCUT2D eigenvalue weighted by Crippen LogP contribution is 2.67. The van der Waals surface area contributed by atoms with Gasteiger partial charge >= 0.3 is 0 Å². The van der Waals surface area contributed by atoms with Gasteiger partial charge in [0.2, 0.25) is 0 Å². The second kappa shape index (κ2) is 16.3. The van der Waals surface area contributed by atoms with Gasteiger partial charge in [-0.05, 0) is 89.8 Å². The summed E-state index contributed by atoms with van der Waals surface area (Å²) in [5, 5.41) is 0. The molecule has 1 aliphatic carbocycles. The summed E-state index contributed by atoms with van der Waals surface area (Å²) in [4.78, 5) is 0. The fourth-order valence-electron chi connectivity index (χ4n) is 10.5. The molecule has 37 heavy (non-hydrogen) atoms. The second-order valence-electron chi connectivity index (χ2n) is 15.1. The van der Waals surface area contributed by atoms with Crippen LogP contribution in [0.3, 0.4) is 0 Å². The van der Waals surface area contributed by atoms with Gasteiger partial charge < -0.3 is 0 Å². The highest BCUT2D eigenvalue weighted by molar-refractivity contribution is 5.08. The molecule has 0 aromatic carbocycles. The van der Waals surface area contributed by atoms with Crippen molar-refractivity contribution in [2.75, 3.05) is 0 Å². The molecule has 10 atom stereocenters. The zero-order valence-corrected chi connectivity index (χ0v) is 28.4. The SMILES string of the molecule is CCCC(C(C)CCC(C)CC)C(CC)C(C)CC(CC)CC1(C)CCC(C)C1(C(C)C)C(C)CCC. The monoisotopic (exact) mass is 519 g/mol. The minimum atomic E-state index is 0.490. The zero-order valence-electron chi connectivity index (χ0n) is 28.4. The molecule has 0 nitrogen and oxygen atoms in total. The fraction of sp³-hybridized carbons (Fsp3) is 1.00. The minimum absolute atomic E-state index is 0.490. The van der Waals surface area contributed by atoms with Crippen LogP contribution in [0.5, 0.6) is 0 Å². The summed E-state index contributed by atoms with van der Waals surface area (Å²) in [5.74, 6) is 7.76. The molecule has 0 spiro atoms. The van der Waals surface area contributed by atoms with E-state index in [0.29, 0.717) is 10.8 Å². The summed E-state index contributed by atoms with van der Waals surface area (Å²) >= 11 is 0. The van der Waals surface area contributed by atoms with Crippen LogP contribution in [-0.2, 0) is 0 Å². The first-order valence-corrected chi connectivity index (χ1v) is 17.4. The highest BCUT2D eigenvalue weighted by Gasteiger charge is 2.59. The van der Waals surface area contributed by atoms with Crippen molar-refractivity contribution in [1.29, 1.82) is 0 Å². The average molecular weight is 519 g/mol. The molecule has 10 unspecified atom stereocenters. The van der Waals surface area contributed by atoms with Crippen molar-refractivity contribution in [3.63, 3.8) is 0 Å². The predicted octanol–water partition coefficient (Wildman–Crippen LogP) is 12.8. The first kappa shape index (κ1) is 35.0. The molecular weight excluding hydrogens is 444 g/mol. The predicted molar refractivity (Wildman–Crippen MR) is 170 cm³/mol. The number of hydrogen-bond acceptors (Lipinski definition) is 0. The van der Waals surface area contributed by atoms with Crippen LogP contribution in [0, 0.1) is 64.1 Å². The van der Waals surface area contributed by atoms with Crippen LogP contribution < -0.4 is 0 Å². The molecule has 0 radical (unpaired) electrons. The summed E-state index contributed by atoms with van der Waals surface area (Å²) in [5.41, 5.74) is 0.989. The first-order chi connectivity index (χ1) is 17.4. The van der Waals surface area contributed by atoms with Gasteiger partial charge in [-0.1, -0.05) is 148 Å². The average Bonchev–Trinajstić information content (AvgIpc) is 3.12. The van der Waals surface area contributed by atoms with Gasteiger partial charge in [-0.3, -0.25) is 0 Å². The lowest BCUT2D eigenvalue weighted by molar-refractivity contribution is -0.0699. The van der Waals surface area contributed by atoms with Gasteiger partial charge in [-0.2, -0.15) is 0 Å². The van der Waals surface area contributed by atoms with E-state index in [1.807, 2.05) is 0 Å². The molecule has 0 aromatic heterocycles. The molecule has 0 aromatic rings. The van der Waals surface area contributed by atoms with Gasteiger partial charge in [-0.25, -0.2) is 0 Å². The fourth-order valence-corrected chi connectivity index (χ4v) is 10.5. The summed E-state index contributed by atoms with van der Waals surface area (Å²) in [7, 11) is 0. The topological polar surface area (TPSA) is 0 Å². The van der Waals surface area contributed by atoms with Gasteiger partial charge in [0.15, 0.2) is 0 Å². The Morgan fingerprint density at radius 3 is 1.81 bits per heavy atom. The van der Waals surface area contributed by atoms with E-state index in [4.69, 9.17) is 0 Å². The van der Waals surface area contributed by atoms with E-state index >= 15 is 0 Å². The first-order valence-electron chi connectivity index (χ1n) is 17.4. The van der Waals surface area contributed by atoms with Crippen molar-refractivity contribution in [1.82, 2.24) is 0 Å². The third-order valence-corrected chi connectivity index (χ3v) is 12.4. The Morgan fingerprint density at radius 2 is 1.32 bits per heavy atom. The van der Waals surface area contributed by atoms with Crippen molar-refractivity contribution in [3.8, 4) is 0 Å². The van der Waals surface area contributed by atoms with Crippen molar-refractivity contribution in [2.24, 2.45) is 64.1 Å². The quantitative estimate of drug-likeness (QED) is 0.159. The standard InChI is InChI=1S/C37H74/c1-14-19-31(11)37(27(6)7)32(12)23-24-36(37,13)26-33(17-4)25-30(10)34(18-5)35(20-15-2)29(9)22-21-28(8)16-3/h27-35H,14-26H2,1-13H3. The molecule has 1 fully saturated rings. The molecule has 0 heterocycles. The lowest BCUT2D eigenvalue weighted by Gasteiger charge is -2.55. The maximum Gasteiger partial charge on any atom is -0.0169 e. The van der Waals surface area contributed by atoms with Crippen molar-refractivity contribution in [2.45, 2.75) is 173 Å². The normalized spacial score (nSPS) is 30.2. The number of hydrogen-bond donors (Lipinski definition) is 0. The molecule has 1 saturated carbocycles. The van der Waals surface area contributed by atoms with E-state index in [-0.39, 0.29) is 0 Å². The van der Waals surface area contributed by atoms with E-state index in [2.05, 4.69) is 90.0 Å². The van der Waals surface area contributed by atoms with Gasteiger partial charge in [0.1, 0.15) is 0 Å². The smallest absolute Gasteiger partial charge is 0.0169 e.